The summed E-state index contributed by atoms with van der Waals surface area (Å²) in [6.07, 6.45) is 0.580. The number of H-pyrrole nitrogens is 1. The van der Waals surface area contributed by atoms with Crippen molar-refractivity contribution in [3.8, 4) is 11.3 Å². The fourth-order valence-corrected chi connectivity index (χ4v) is 2.67. The van der Waals surface area contributed by atoms with E-state index in [4.69, 9.17) is 0 Å². The van der Waals surface area contributed by atoms with E-state index in [1.807, 2.05) is 30.3 Å². The summed E-state index contributed by atoms with van der Waals surface area (Å²) in [7, 11) is 0. The van der Waals surface area contributed by atoms with Gasteiger partial charge in [-0.1, -0.05) is 44.2 Å². The maximum Gasteiger partial charge on any atom is 0.117 e. The molecule has 2 unspecified atom stereocenters. The molecule has 1 aromatic carbocycles. The molecule has 106 valence electrons. The second-order valence-electron chi connectivity index (χ2n) is 5.99. The van der Waals surface area contributed by atoms with Crippen LogP contribution < -0.4 is 5.32 Å². The van der Waals surface area contributed by atoms with Gasteiger partial charge in [0.05, 0.1) is 6.10 Å². The molecule has 2 atom stereocenters. The van der Waals surface area contributed by atoms with Gasteiger partial charge in [0.2, 0.25) is 0 Å². The zero-order chi connectivity index (χ0) is 14.2. The van der Waals surface area contributed by atoms with E-state index in [1.165, 1.54) is 0 Å². The third kappa shape index (κ3) is 2.23. The molecule has 5 nitrogen and oxygen atoms in total. The third-order valence-electron chi connectivity index (χ3n) is 4.40. The monoisotopic (exact) mass is 272 g/mol. The van der Waals surface area contributed by atoms with Crippen LogP contribution in [0.15, 0.2) is 30.3 Å². The lowest BCUT2D eigenvalue weighted by atomic mass is 9.64. The molecule has 0 saturated heterocycles. The lowest BCUT2D eigenvalue weighted by molar-refractivity contribution is -0.0730. The molecular weight excluding hydrogens is 252 g/mol. The molecule has 3 rings (SSSR count). The zero-order valence-corrected chi connectivity index (χ0v) is 11.8. The van der Waals surface area contributed by atoms with Crippen molar-refractivity contribution in [1.82, 2.24) is 20.7 Å². The summed E-state index contributed by atoms with van der Waals surface area (Å²) < 4.78 is 0. The number of nitrogens with zero attached hydrogens (tertiary/aromatic N) is 2. The summed E-state index contributed by atoms with van der Waals surface area (Å²) in [5, 5.41) is 24.4. The standard InChI is InChI=1S/C15H20N4O/c1-15(2)12(8-13(15)20)16-9-11-14(18-19-17-11)10-6-4-3-5-7-10/h3-7,12-13,16,20H,8-9H2,1-2H3,(H,17,18,19). The van der Waals surface area contributed by atoms with E-state index in [9.17, 15) is 5.11 Å². The van der Waals surface area contributed by atoms with E-state index >= 15 is 0 Å². The highest BCUT2D eigenvalue weighted by atomic mass is 16.3. The summed E-state index contributed by atoms with van der Waals surface area (Å²) in [5.41, 5.74) is 2.78. The predicted octanol–water partition coefficient (Wildman–Crippen LogP) is 1.72. The lowest BCUT2D eigenvalue weighted by Gasteiger charge is -2.49. The Morgan fingerprint density at radius 1 is 1.30 bits per heavy atom. The summed E-state index contributed by atoms with van der Waals surface area (Å²) in [5.74, 6) is 0. The molecular formula is C15H20N4O. The van der Waals surface area contributed by atoms with Crippen molar-refractivity contribution in [1.29, 1.82) is 0 Å². The highest BCUT2D eigenvalue weighted by Crippen LogP contribution is 2.40. The fourth-order valence-electron chi connectivity index (χ4n) is 2.67. The van der Waals surface area contributed by atoms with Gasteiger partial charge in [-0.05, 0) is 6.42 Å². The molecule has 0 aliphatic heterocycles. The average Bonchev–Trinajstić information content (AvgIpc) is 2.92. The molecule has 1 aromatic heterocycles. The number of hydrogen-bond acceptors (Lipinski definition) is 4. The first kappa shape index (κ1) is 13.3. The highest BCUT2D eigenvalue weighted by molar-refractivity contribution is 5.60. The van der Waals surface area contributed by atoms with E-state index in [1.54, 1.807) is 0 Å². The first-order chi connectivity index (χ1) is 9.59. The van der Waals surface area contributed by atoms with Crippen LogP contribution >= 0.6 is 0 Å². The molecule has 0 bridgehead atoms. The van der Waals surface area contributed by atoms with E-state index in [-0.39, 0.29) is 11.5 Å². The molecule has 1 heterocycles. The topological polar surface area (TPSA) is 73.8 Å². The van der Waals surface area contributed by atoms with Gasteiger partial charge in [0, 0.05) is 23.6 Å². The predicted molar refractivity (Wildman–Crippen MR) is 76.9 cm³/mol. The first-order valence-corrected chi connectivity index (χ1v) is 6.95. The molecule has 1 aliphatic carbocycles. The van der Waals surface area contributed by atoms with Crippen molar-refractivity contribution in [2.24, 2.45) is 5.41 Å². The number of hydrogen-bond donors (Lipinski definition) is 3. The van der Waals surface area contributed by atoms with E-state index in [0.29, 0.717) is 12.6 Å². The number of aliphatic hydroxyl groups is 1. The Bertz CT molecular complexity index is 579. The second-order valence-corrected chi connectivity index (χ2v) is 5.99. The minimum atomic E-state index is -0.217. The molecule has 1 fully saturated rings. The molecule has 2 aromatic rings. The maximum atomic E-state index is 9.76. The molecule has 20 heavy (non-hydrogen) atoms. The quantitative estimate of drug-likeness (QED) is 0.792. The van der Waals surface area contributed by atoms with Crippen molar-refractivity contribution in [3.63, 3.8) is 0 Å². The largest absolute Gasteiger partial charge is 0.392 e. The Hall–Kier alpha value is -1.72. The van der Waals surface area contributed by atoms with Gasteiger partial charge < -0.3 is 10.4 Å². The van der Waals surface area contributed by atoms with Crippen LogP contribution in [-0.4, -0.2) is 32.7 Å². The van der Waals surface area contributed by atoms with Crippen molar-refractivity contribution in [3.05, 3.63) is 36.0 Å². The van der Waals surface area contributed by atoms with E-state index < -0.39 is 0 Å². The minimum absolute atomic E-state index is 0.0728. The number of aliphatic hydroxyl groups excluding tert-OH is 1. The zero-order valence-electron chi connectivity index (χ0n) is 11.8. The summed E-state index contributed by atoms with van der Waals surface area (Å²) in [6, 6.07) is 10.3. The Labute approximate surface area is 118 Å². The van der Waals surface area contributed by atoms with Gasteiger partial charge in [0.1, 0.15) is 11.4 Å². The molecule has 0 amide bonds. The maximum absolute atomic E-state index is 9.76. The molecule has 1 aliphatic rings. The Morgan fingerprint density at radius 2 is 2.05 bits per heavy atom. The SMILES string of the molecule is CC1(C)C(O)CC1NCc1n[nH]nc1-c1ccccc1. The van der Waals surface area contributed by atoms with Gasteiger partial charge >= 0.3 is 0 Å². The lowest BCUT2D eigenvalue weighted by Crippen LogP contribution is -2.59. The van der Waals surface area contributed by atoms with Crippen LogP contribution in [0.4, 0.5) is 0 Å². The number of benzene rings is 1. The van der Waals surface area contributed by atoms with Crippen LogP contribution in [0.25, 0.3) is 11.3 Å². The van der Waals surface area contributed by atoms with Crippen molar-refractivity contribution >= 4 is 0 Å². The van der Waals surface area contributed by atoms with Crippen molar-refractivity contribution < 1.29 is 5.11 Å². The van der Waals surface area contributed by atoms with Crippen LogP contribution in [0.2, 0.25) is 0 Å². The van der Waals surface area contributed by atoms with Gasteiger partial charge in [0.15, 0.2) is 0 Å². The van der Waals surface area contributed by atoms with E-state index in [0.717, 1.165) is 23.4 Å². The van der Waals surface area contributed by atoms with Crippen LogP contribution in [0, 0.1) is 5.41 Å². The Balaban J connectivity index is 1.70. The van der Waals surface area contributed by atoms with Gasteiger partial charge in [-0.2, -0.15) is 15.4 Å². The van der Waals surface area contributed by atoms with Crippen molar-refractivity contribution in [2.75, 3.05) is 0 Å². The first-order valence-electron chi connectivity index (χ1n) is 6.95. The van der Waals surface area contributed by atoms with Gasteiger partial charge in [-0.25, -0.2) is 0 Å². The van der Waals surface area contributed by atoms with E-state index in [2.05, 4.69) is 34.6 Å². The van der Waals surface area contributed by atoms with Crippen LogP contribution in [-0.2, 0) is 6.54 Å². The molecule has 1 saturated carbocycles. The summed E-state index contributed by atoms with van der Waals surface area (Å²) in [6.45, 7) is 4.82. The van der Waals surface area contributed by atoms with Crippen LogP contribution in [0.1, 0.15) is 26.0 Å². The third-order valence-corrected chi connectivity index (χ3v) is 4.40. The van der Waals surface area contributed by atoms with Crippen LogP contribution in [0.5, 0.6) is 0 Å². The molecule has 5 heteroatoms. The molecule has 0 spiro atoms. The Morgan fingerprint density at radius 3 is 2.70 bits per heavy atom. The van der Waals surface area contributed by atoms with Crippen molar-refractivity contribution in [2.45, 2.75) is 39.0 Å². The Kier molecular flexibility index (Phi) is 3.31. The molecule has 0 radical (unpaired) electrons. The summed E-state index contributed by atoms with van der Waals surface area (Å²) >= 11 is 0. The number of rotatable bonds is 4. The van der Waals surface area contributed by atoms with Gasteiger partial charge in [-0.3, -0.25) is 0 Å². The highest BCUT2D eigenvalue weighted by Gasteiger charge is 2.46. The van der Waals surface area contributed by atoms with Crippen LogP contribution in [0.3, 0.4) is 0 Å². The number of nitrogens with one attached hydrogen (secondary N) is 2. The number of aromatic amines is 1. The minimum Gasteiger partial charge on any atom is -0.392 e. The average molecular weight is 272 g/mol. The second kappa shape index (κ2) is 5.00. The molecule has 3 N–H and O–H groups in total. The smallest absolute Gasteiger partial charge is 0.117 e. The number of aromatic nitrogens is 3. The normalized spacial score (nSPS) is 24.4. The van der Waals surface area contributed by atoms with Gasteiger partial charge in [-0.15, -0.1) is 0 Å². The van der Waals surface area contributed by atoms with Gasteiger partial charge in [0.25, 0.3) is 0 Å². The fraction of sp³-hybridized carbons (Fsp3) is 0.467. The summed E-state index contributed by atoms with van der Waals surface area (Å²) in [4.78, 5) is 0.